The summed E-state index contributed by atoms with van der Waals surface area (Å²) in [5.74, 6) is 0.671. The Kier molecular flexibility index (Phi) is 4.48. The van der Waals surface area contributed by atoms with Gasteiger partial charge in [0.1, 0.15) is 24.6 Å². The lowest BCUT2D eigenvalue weighted by Crippen LogP contribution is -2.44. The largest absolute Gasteiger partial charge is 0.394 e. The van der Waals surface area contributed by atoms with Crippen LogP contribution in [0.2, 0.25) is 0 Å². The number of nitrogens with zero attached hydrogens (tertiary/aromatic N) is 5. The summed E-state index contributed by atoms with van der Waals surface area (Å²) in [6.07, 6.45) is 3.60. The molecule has 0 spiro atoms. The molecule has 2 aromatic heterocycles. The molecule has 6 atom stereocenters. The van der Waals surface area contributed by atoms with Gasteiger partial charge < -0.3 is 30.3 Å². The zero-order valence-electron chi connectivity index (χ0n) is 15.7. The summed E-state index contributed by atoms with van der Waals surface area (Å²) in [7, 11) is 2.21. The van der Waals surface area contributed by atoms with E-state index in [9.17, 15) is 15.3 Å². The van der Waals surface area contributed by atoms with Crippen molar-refractivity contribution in [3.8, 4) is 0 Å². The molecule has 3 saturated heterocycles. The molecule has 0 aromatic carbocycles. The minimum absolute atomic E-state index is 0.339. The van der Waals surface area contributed by atoms with Crippen LogP contribution in [0.1, 0.15) is 31.9 Å². The summed E-state index contributed by atoms with van der Waals surface area (Å²) in [6, 6.07) is 1.57. The zero-order valence-corrected chi connectivity index (χ0v) is 15.7. The van der Waals surface area contributed by atoms with E-state index in [1.54, 1.807) is 4.57 Å². The van der Waals surface area contributed by atoms with E-state index in [0.29, 0.717) is 35.1 Å². The normalized spacial score (nSPS) is 38.4. The number of ether oxygens (including phenoxy) is 1. The summed E-state index contributed by atoms with van der Waals surface area (Å²) in [6.45, 7) is -0.373. The van der Waals surface area contributed by atoms with Gasteiger partial charge in [0.15, 0.2) is 23.2 Å². The van der Waals surface area contributed by atoms with Crippen molar-refractivity contribution in [2.45, 2.75) is 68.3 Å². The molecule has 3 fully saturated rings. The number of piperidine rings is 1. The Morgan fingerprint density at radius 3 is 2.57 bits per heavy atom. The van der Waals surface area contributed by atoms with Crippen molar-refractivity contribution in [1.29, 1.82) is 0 Å². The van der Waals surface area contributed by atoms with Gasteiger partial charge in [-0.25, -0.2) is 15.0 Å². The van der Waals surface area contributed by atoms with E-state index < -0.39 is 24.5 Å². The lowest BCUT2D eigenvalue weighted by molar-refractivity contribution is -0.0511. The average Bonchev–Trinajstić information content (AvgIpc) is 3.29. The highest BCUT2D eigenvalue weighted by Gasteiger charge is 2.44. The first-order valence-electron chi connectivity index (χ1n) is 9.85. The number of anilines is 1. The average molecular weight is 390 g/mol. The highest BCUT2D eigenvalue weighted by atomic mass is 16.6. The predicted molar refractivity (Wildman–Crippen MR) is 99.6 cm³/mol. The molecular weight excluding hydrogens is 364 g/mol. The smallest absolute Gasteiger partial charge is 0.167 e. The Morgan fingerprint density at radius 1 is 1.14 bits per heavy atom. The Hall–Kier alpha value is -1.85. The van der Waals surface area contributed by atoms with Crippen LogP contribution in [-0.2, 0) is 4.74 Å². The van der Waals surface area contributed by atoms with Crippen LogP contribution >= 0.6 is 0 Å². The fourth-order valence-corrected chi connectivity index (χ4v) is 4.98. The molecular formula is C18H26N6O4. The summed E-state index contributed by atoms with van der Waals surface area (Å²) in [4.78, 5) is 15.6. The molecule has 0 amide bonds. The zero-order chi connectivity index (χ0) is 19.4. The Morgan fingerprint density at radius 2 is 1.89 bits per heavy atom. The summed E-state index contributed by atoms with van der Waals surface area (Å²) in [5.41, 5.74) is 1.12. The molecule has 4 N–H and O–H groups in total. The molecule has 10 nitrogen and oxygen atoms in total. The van der Waals surface area contributed by atoms with Crippen LogP contribution in [0.25, 0.3) is 11.2 Å². The van der Waals surface area contributed by atoms with Crippen molar-refractivity contribution in [3.63, 3.8) is 0 Å². The van der Waals surface area contributed by atoms with Crippen LogP contribution in [0.5, 0.6) is 0 Å². The van der Waals surface area contributed by atoms with Crippen LogP contribution < -0.4 is 5.32 Å². The number of hydrogen-bond donors (Lipinski definition) is 4. The first-order valence-corrected chi connectivity index (χ1v) is 9.85. The van der Waals surface area contributed by atoms with E-state index in [1.165, 1.54) is 25.5 Å². The molecule has 5 rings (SSSR count). The van der Waals surface area contributed by atoms with Gasteiger partial charge >= 0.3 is 0 Å². The molecule has 0 saturated carbocycles. The first-order chi connectivity index (χ1) is 13.6. The third kappa shape index (κ3) is 2.79. The van der Waals surface area contributed by atoms with Crippen molar-refractivity contribution in [3.05, 3.63) is 12.7 Å². The van der Waals surface area contributed by atoms with Crippen molar-refractivity contribution in [2.24, 2.45) is 0 Å². The van der Waals surface area contributed by atoms with E-state index in [1.807, 2.05) is 0 Å². The van der Waals surface area contributed by atoms with Crippen LogP contribution in [0, 0.1) is 0 Å². The SMILES string of the molecule is CN1C2CCC1CC(Nc1ncnc3c1ncn3[C@@H]1O[C@H](CO)C(O)C1O)C2. The number of hydrogen-bond acceptors (Lipinski definition) is 9. The van der Waals surface area contributed by atoms with Crippen LogP contribution in [-0.4, -0.2) is 89.8 Å². The number of imidazole rings is 1. The van der Waals surface area contributed by atoms with Gasteiger partial charge in [-0.3, -0.25) is 4.57 Å². The molecule has 0 radical (unpaired) electrons. The second kappa shape index (κ2) is 6.89. The van der Waals surface area contributed by atoms with E-state index in [2.05, 4.69) is 32.2 Å². The maximum atomic E-state index is 10.3. The minimum Gasteiger partial charge on any atom is -0.394 e. The summed E-state index contributed by atoms with van der Waals surface area (Å²) in [5, 5.41) is 33.2. The van der Waals surface area contributed by atoms with Gasteiger partial charge in [0.05, 0.1) is 12.9 Å². The van der Waals surface area contributed by atoms with E-state index in [-0.39, 0.29) is 6.61 Å². The number of nitrogens with one attached hydrogen (secondary N) is 1. The lowest BCUT2D eigenvalue weighted by Gasteiger charge is -2.36. The maximum absolute atomic E-state index is 10.3. The van der Waals surface area contributed by atoms with Crippen molar-refractivity contribution in [2.75, 3.05) is 19.0 Å². The topological polar surface area (TPSA) is 129 Å². The summed E-state index contributed by atoms with van der Waals surface area (Å²) < 4.78 is 7.20. The fourth-order valence-electron chi connectivity index (χ4n) is 4.98. The Balaban J connectivity index is 1.40. The monoisotopic (exact) mass is 390 g/mol. The molecule has 3 aliphatic heterocycles. The highest BCUT2D eigenvalue weighted by Crippen LogP contribution is 2.36. The van der Waals surface area contributed by atoms with Crippen molar-refractivity contribution < 1.29 is 20.1 Å². The Labute approximate surface area is 162 Å². The fraction of sp³-hybridized carbons (Fsp3) is 0.722. The van der Waals surface area contributed by atoms with E-state index in [4.69, 9.17) is 4.74 Å². The van der Waals surface area contributed by atoms with Gasteiger partial charge in [-0.05, 0) is 32.7 Å². The lowest BCUT2D eigenvalue weighted by atomic mass is 9.98. The number of aliphatic hydroxyl groups is 3. The van der Waals surface area contributed by atoms with Gasteiger partial charge in [0.25, 0.3) is 0 Å². The summed E-state index contributed by atoms with van der Waals surface area (Å²) >= 11 is 0. The van der Waals surface area contributed by atoms with E-state index >= 15 is 0 Å². The molecule has 2 aromatic rings. The van der Waals surface area contributed by atoms with Gasteiger partial charge in [0, 0.05) is 18.1 Å². The quantitative estimate of drug-likeness (QED) is 0.545. The van der Waals surface area contributed by atoms with Crippen molar-refractivity contribution >= 4 is 17.0 Å². The predicted octanol–water partition coefficient (Wildman–Crippen LogP) is -0.525. The number of fused-ring (bicyclic) bond motifs is 3. The minimum atomic E-state index is -1.18. The third-order valence-corrected chi connectivity index (χ3v) is 6.59. The molecule has 4 unspecified atom stereocenters. The molecule has 0 aliphatic carbocycles. The Bertz CT molecular complexity index is 848. The van der Waals surface area contributed by atoms with Gasteiger partial charge in [-0.1, -0.05) is 0 Å². The number of aromatic nitrogens is 4. The van der Waals surface area contributed by atoms with Gasteiger partial charge in [-0.15, -0.1) is 0 Å². The van der Waals surface area contributed by atoms with E-state index in [0.717, 1.165) is 12.8 Å². The molecule has 5 heterocycles. The molecule has 3 aliphatic rings. The molecule has 28 heavy (non-hydrogen) atoms. The molecule has 152 valence electrons. The second-order valence-electron chi connectivity index (χ2n) is 8.14. The third-order valence-electron chi connectivity index (χ3n) is 6.59. The maximum Gasteiger partial charge on any atom is 0.167 e. The molecule has 2 bridgehead atoms. The number of rotatable bonds is 4. The highest BCUT2D eigenvalue weighted by molar-refractivity contribution is 5.82. The first kappa shape index (κ1) is 18.2. The number of aliphatic hydroxyl groups excluding tert-OH is 3. The van der Waals surface area contributed by atoms with Crippen LogP contribution in [0.3, 0.4) is 0 Å². The second-order valence-corrected chi connectivity index (χ2v) is 8.14. The van der Waals surface area contributed by atoms with Crippen LogP contribution in [0.4, 0.5) is 5.82 Å². The van der Waals surface area contributed by atoms with Crippen molar-refractivity contribution in [1.82, 2.24) is 24.4 Å². The van der Waals surface area contributed by atoms with Gasteiger partial charge in [0.2, 0.25) is 0 Å². The molecule has 10 heteroatoms. The van der Waals surface area contributed by atoms with Gasteiger partial charge in [-0.2, -0.15) is 0 Å². The standard InChI is InChI=1S/C18H26N6O4/c1-23-10-2-3-11(23)5-9(4-10)22-16-13-17(20-7-19-16)24(8-21-13)18-15(27)14(26)12(6-25)28-18/h7-12,14-15,18,25-27H,2-6H2,1H3,(H,19,20,22)/t9?,10?,11?,12-,14?,15?,18-/m1/s1. The van der Waals surface area contributed by atoms with Crippen LogP contribution in [0.15, 0.2) is 12.7 Å².